The SMILES string of the molecule is C[C@H](Oc1ccc(Cl)cc1)C(=O)OCC(=O)Nc1cc(Cl)cc(Cl)c1. The van der Waals surface area contributed by atoms with Gasteiger partial charge in [0.05, 0.1) is 0 Å². The van der Waals surface area contributed by atoms with Crippen molar-refractivity contribution in [3.8, 4) is 5.75 Å². The van der Waals surface area contributed by atoms with E-state index in [4.69, 9.17) is 44.3 Å². The first-order valence-corrected chi connectivity index (χ1v) is 8.31. The highest BCUT2D eigenvalue weighted by molar-refractivity contribution is 6.35. The molecule has 0 radical (unpaired) electrons. The Labute approximate surface area is 159 Å². The third-order valence-electron chi connectivity index (χ3n) is 2.95. The van der Waals surface area contributed by atoms with Crippen molar-refractivity contribution in [1.82, 2.24) is 0 Å². The molecule has 8 heteroatoms. The Kier molecular flexibility index (Phi) is 6.93. The normalized spacial score (nSPS) is 11.5. The van der Waals surface area contributed by atoms with Crippen LogP contribution in [0.5, 0.6) is 5.75 Å². The van der Waals surface area contributed by atoms with E-state index in [1.54, 1.807) is 24.3 Å². The molecule has 0 aliphatic rings. The Balaban J connectivity index is 1.81. The Morgan fingerprint density at radius 2 is 1.60 bits per heavy atom. The van der Waals surface area contributed by atoms with Crippen LogP contribution in [-0.2, 0) is 14.3 Å². The van der Waals surface area contributed by atoms with E-state index >= 15 is 0 Å². The molecule has 25 heavy (non-hydrogen) atoms. The molecule has 1 atom stereocenters. The molecule has 0 aliphatic heterocycles. The van der Waals surface area contributed by atoms with Gasteiger partial charge in [0, 0.05) is 20.8 Å². The van der Waals surface area contributed by atoms with E-state index in [0.29, 0.717) is 26.5 Å². The van der Waals surface area contributed by atoms with E-state index in [0.717, 1.165) is 0 Å². The van der Waals surface area contributed by atoms with Crippen LogP contribution < -0.4 is 10.1 Å². The van der Waals surface area contributed by atoms with Gasteiger partial charge in [-0.05, 0) is 49.4 Å². The minimum Gasteiger partial charge on any atom is -0.479 e. The first-order chi connectivity index (χ1) is 11.8. The lowest BCUT2D eigenvalue weighted by molar-refractivity contribution is -0.153. The second kappa shape index (κ2) is 8.94. The van der Waals surface area contributed by atoms with Crippen LogP contribution >= 0.6 is 34.8 Å². The molecule has 2 aromatic carbocycles. The van der Waals surface area contributed by atoms with Gasteiger partial charge in [0.15, 0.2) is 12.7 Å². The van der Waals surface area contributed by atoms with Gasteiger partial charge in [-0.2, -0.15) is 0 Å². The molecule has 0 saturated carbocycles. The van der Waals surface area contributed by atoms with Crippen molar-refractivity contribution in [2.45, 2.75) is 13.0 Å². The van der Waals surface area contributed by atoms with Crippen molar-refractivity contribution < 1.29 is 19.1 Å². The smallest absolute Gasteiger partial charge is 0.347 e. The Morgan fingerprint density at radius 3 is 2.20 bits per heavy atom. The molecular formula is C17H14Cl3NO4. The maximum Gasteiger partial charge on any atom is 0.347 e. The van der Waals surface area contributed by atoms with E-state index in [1.165, 1.54) is 25.1 Å². The average molecular weight is 403 g/mol. The number of halogens is 3. The molecular weight excluding hydrogens is 389 g/mol. The third kappa shape index (κ3) is 6.46. The Morgan fingerprint density at radius 1 is 1.00 bits per heavy atom. The number of hydrogen-bond acceptors (Lipinski definition) is 4. The Bertz CT molecular complexity index is 745. The molecule has 5 nitrogen and oxygen atoms in total. The summed E-state index contributed by atoms with van der Waals surface area (Å²) in [6.07, 6.45) is -0.880. The van der Waals surface area contributed by atoms with Gasteiger partial charge in [0.25, 0.3) is 5.91 Å². The number of benzene rings is 2. The summed E-state index contributed by atoms with van der Waals surface area (Å²) in [4.78, 5) is 23.7. The minimum atomic E-state index is -0.880. The molecule has 0 aromatic heterocycles. The van der Waals surface area contributed by atoms with Crippen molar-refractivity contribution >= 4 is 52.4 Å². The fraction of sp³-hybridized carbons (Fsp3) is 0.176. The fourth-order valence-electron chi connectivity index (χ4n) is 1.84. The third-order valence-corrected chi connectivity index (χ3v) is 3.64. The first-order valence-electron chi connectivity index (χ1n) is 7.18. The number of carbonyl (C=O) groups is 2. The van der Waals surface area contributed by atoms with Crippen LogP contribution in [-0.4, -0.2) is 24.6 Å². The molecule has 0 spiro atoms. The topological polar surface area (TPSA) is 64.6 Å². The zero-order valence-corrected chi connectivity index (χ0v) is 15.4. The van der Waals surface area contributed by atoms with Gasteiger partial charge < -0.3 is 14.8 Å². The number of ether oxygens (including phenoxy) is 2. The predicted molar refractivity (Wildman–Crippen MR) is 97.6 cm³/mol. The number of hydrogen-bond donors (Lipinski definition) is 1. The van der Waals surface area contributed by atoms with Crippen LogP contribution in [0.15, 0.2) is 42.5 Å². The van der Waals surface area contributed by atoms with Crippen molar-refractivity contribution in [3.05, 3.63) is 57.5 Å². The summed E-state index contributed by atoms with van der Waals surface area (Å²) in [7, 11) is 0. The van der Waals surface area contributed by atoms with Crippen molar-refractivity contribution in [2.75, 3.05) is 11.9 Å². The van der Waals surface area contributed by atoms with E-state index < -0.39 is 24.6 Å². The highest BCUT2D eigenvalue weighted by Crippen LogP contribution is 2.22. The van der Waals surface area contributed by atoms with E-state index in [2.05, 4.69) is 5.32 Å². The maximum atomic E-state index is 11.9. The van der Waals surface area contributed by atoms with Gasteiger partial charge in [0.2, 0.25) is 0 Å². The average Bonchev–Trinajstić information content (AvgIpc) is 2.53. The quantitative estimate of drug-likeness (QED) is 0.717. The lowest BCUT2D eigenvalue weighted by atomic mass is 10.3. The van der Waals surface area contributed by atoms with E-state index in [1.807, 2.05) is 0 Å². The highest BCUT2D eigenvalue weighted by Gasteiger charge is 2.18. The molecule has 2 aromatic rings. The lowest BCUT2D eigenvalue weighted by Gasteiger charge is -2.14. The van der Waals surface area contributed by atoms with Gasteiger partial charge in [-0.3, -0.25) is 4.79 Å². The molecule has 0 bridgehead atoms. The summed E-state index contributed by atoms with van der Waals surface area (Å²) in [5.74, 6) is -0.730. The summed E-state index contributed by atoms with van der Waals surface area (Å²) < 4.78 is 10.3. The number of nitrogens with one attached hydrogen (secondary N) is 1. The van der Waals surface area contributed by atoms with Crippen molar-refractivity contribution in [2.24, 2.45) is 0 Å². The van der Waals surface area contributed by atoms with Gasteiger partial charge >= 0.3 is 5.97 Å². The summed E-state index contributed by atoms with van der Waals surface area (Å²) in [5, 5.41) is 3.85. The van der Waals surface area contributed by atoms with Gasteiger partial charge in [-0.15, -0.1) is 0 Å². The van der Waals surface area contributed by atoms with Gasteiger partial charge in [-0.25, -0.2) is 4.79 Å². The summed E-state index contributed by atoms with van der Waals surface area (Å²) in [5.41, 5.74) is 0.406. The van der Waals surface area contributed by atoms with Gasteiger partial charge in [-0.1, -0.05) is 34.8 Å². The largest absolute Gasteiger partial charge is 0.479 e. The molecule has 1 amide bonds. The van der Waals surface area contributed by atoms with E-state index in [9.17, 15) is 9.59 Å². The lowest BCUT2D eigenvalue weighted by Crippen LogP contribution is -2.29. The molecule has 2 rings (SSSR count). The van der Waals surface area contributed by atoms with Crippen LogP contribution in [0.1, 0.15) is 6.92 Å². The number of carbonyl (C=O) groups excluding carboxylic acids is 2. The van der Waals surface area contributed by atoms with Crippen LogP contribution in [0.3, 0.4) is 0 Å². The van der Waals surface area contributed by atoms with Crippen LogP contribution in [0.4, 0.5) is 5.69 Å². The standard InChI is InChI=1S/C17H14Cl3NO4/c1-10(25-15-4-2-11(18)3-5-15)17(23)24-9-16(22)21-14-7-12(19)6-13(20)8-14/h2-8,10H,9H2,1H3,(H,21,22)/t10-/m0/s1. The molecule has 132 valence electrons. The maximum absolute atomic E-state index is 11.9. The Hall–Kier alpha value is -1.95. The second-order valence-electron chi connectivity index (χ2n) is 5.03. The molecule has 1 N–H and O–H groups in total. The van der Waals surface area contributed by atoms with Crippen LogP contribution in [0.2, 0.25) is 15.1 Å². The van der Waals surface area contributed by atoms with Crippen LogP contribution in [0, 0.1) is 0 Å². The minimum absolute atomic E-state index is 0.379. The van der Waals surface area contributed by atoms with Crippen molar-refractivity contribution in [3.63, 3.8) is 0 Å². The summed E-state index contributed by atoms with van der Waals surface area (Å²) in [6.45, 7) is 1.06. The van der Waals surface area contributed by atoms with E-state index in [-0.39, 0.29) is 0 Å². The molecule has 0 unspecified atom stereocenters. The molecule has 0 saturated heterocycles. The zero-order valence-electron chi connectivity index (χ0n) is 13.1. The monoisotopic (exact) mass is 401 g/mol. The number of anilines is 1. The fourth-order valence-corrected chi connectivity index (χ4v) is 2.49. The number of esters is 1. The zero-order chi connectivity index (χ0) is 18.4. The summed E-state index contributed by atoms with van der Waals surface area (Å²) in [6, 6.07) is 11.1. The van der Waals surface area contributed by atoms with Crippen molar-refractivity contribution in [1.29, 1.82) is 0 Å². The molecule has 0 fully saturated rings. The predicted octanol–water partition coefficient (Wildman–Crippen LogP) is 4.60. The summed E-state index contributed by atoms with van der Waals surface area (Å²) >= 11 is 17.5. The molecule has 0 aliphatic carbocycles. The molecule has 0 heterocycles. The highest BCUT2D eigenvalue weighted by atomic mass is 35.5. The first kappa shape index (κ1) is 19.4. The van der Waals surface area contributed by atoms with Gasteiger partial charge in [0.1, 0.15) is 5.75 Å². The van der Waals surface area contributed by atoms with Crippen LogP contribution in [0.25, 0.3) is 0 Å². The number of rotatable bonds is 6. The second-order valence-corrected chi connectivity index (χ2v) is 6.34. The number of amides is 1.